The number of nitrogens with zero attached hydrogens (tertiary/aromatic N) is 3. The van der Waals surface area contributed by atoms with Gasteiger partial charge in [0.15, 0.2) is 10.2 Å². The lowest BCUT2D eigenvalue weighted by Gasteiger charge is -2.04. The average Bonchev–Trinajstić information content (AvgIpc) is 2.88. The molecule has 18 heavy (non-hydrogen) atoms. The van der Waals surface area contributed by atoms with E-state index in [-0.39, 0.29) is 5.84 Å². The SMILES string of the molecule is N/C(=N/O)c1cc(F)cc(CSc2nncs2)c1. The molecule has 94 valence electrons. The molecule has 5 nitrogen and oxygen atoms in total. The molecule has 0 fully saturated rings. The van der Waals surface area contributed by atoms with Gasteiger partial charge < -0.3 is 10.9 Å². The van der Waals surface area contributed by atoms with E-state index < -0.39 is 5.82 Å². The molecule has 1 heterocycles. The number of benzene rings is 1. The lowest BCUT2D eigenvalue weighted by atomic mass is 10.1. The van der Waals surface area contributed by atoms with Crippen molar-refractivity contribution in [3.8, 4) is 0 Å². The van der Waals surface area contributed by atoms with E-state index in [1.54, 1.807) is 11.6 Å². The van der Waals surface area contributed by atoms with Crippen molar-refractivity contribution in [1.82, 2.24) is 10.2 Å². The largest absolute Gasteiger partial charge is 0.409 e. The van der Waals surface area contributed by atoms with Crippen LogP contribution in [0.25, 0.3) is 0 Å². The Labute approximate surface area is 111 Å². The second-order valence-corrected chi connectivity index (χ2v) is 5.38. The molecule has 0 unspecified atom stereocenters. The van der Waals surface area contributed by atoms with E-state index in [2.05, 4.69) is 15.4 Å². The fourth-order valence-corrected chi connectivity index (χ4v) is 2.73. The predicted molar refractivity (Wildman–Crippen MR) is 68.4 cm³/mol. The normalized spacial score (nSPS) is 11.7. The highest BCUT2D eigenvalue weighted by atomic mass is 32.2. The molecule has 0 aliphatic carbocycles. The Kier molecular flexibility index (Phi) is 4.11. The van der Waals surface area contributed by atoms with E-state index >= 15 is 0 Å². The molecule has 0 bridgehead atoms. The Bertz CT molecular complexity index is 559. The third-order valence-electron chi connectivity index (χ3n) is 2.06. The van der Waals surface area contributed by atoms with Crippen molar-refractivity contribution in [1.29, 1.82) is 0 Å². The first kappa shape index (κ1) is 12.8. The molecule has 2 rings (SSSR count). The number of halogens is 1. The fourth-order valence-electron chi connectivity index (χ4n) is 1.31. The van der Waals surface area contributed by atoms with Gasteiger partial charge in [0.05, 0.1) is 0 Å². The van der Waals surface area contributed by atoms with Crippen molar-refractivity contribution in [2.24, 2.45) is 10.9 Å². The van der Waals surface area contributed by atoms with Gasteiger partial charge in [-0.05, 0) is 23.8 Å². The molecule has 8 heteroatoms. The zero-order valence-corrected chi connectivity index (χ0v) is 10.7. The highest BCUT2D eigenvalue weighted by molar-refractivity contribution is 8.00. The molecule has 0 amide bonds. The molecule has 1 aromatic carbocycles. The van der Waals surface area contributed by atoms with E-state index in [1.807, 2.05) is 0 Å². The molecule has 0 atom stereocenters. The van der Waals surface area contributed by atoms with Crippen LogP contribution in [0.1, 0.15) is 11.1 Å². The molecule has 2 aromatic rings. The highest BCUT2D eigenvalue weighted by Crippen LogP contribution is 2.24. The van der Waals surface area contributed by atoms with Crippen LogP contribution in [0.4, 0.5) is 4.39 Å². The van der Waals surface area contributed by atoms with Gasteiger partial charge in [-0.15, -0.1) is 10.2 Å². The number of rotatable bonds is 4. The number of hydrogen-bond donors (Lipinski definition) is 2. The molecule has 0 aliphatic heterocycles. The second kappa shape index (κ2) is 5.78. The molecule has 0 spiro atoms. The minimum absolute atomic E-state index is 0.114. The highest BCUT2D eigenvalue weighted by Gasteiger charge is 2.06. The first-order chi connectivity index (χ1) is 8.69. The van der Waals surface area contributed by atoms with Crippen molar-refractivity contribution in [3.05, 3.63) is 40.7 Å². The minimum Gasteiger partial charge on any atom is -0.409 e. The van der Waals surface area contributed by atoms with E-state index in [0.29, 0.717) is 11.3 Å². The summed E-state index contributed by atoms with van der Waals surface area (Å²) >= 11 is 2.87. The van der Waals surface area contributed by atoms with Crippen LogP contribution in [0.15, 0.2) is 33.2 Å². The summed E-state index contributed by atoms with van der Waals surface area (Å²) in [5, 5.41) is 19.0. The maximum atomic E-state index is 13.4. The molecule has 0 saturated heterocycles. The van der Waals surface area contributed by atoms with Crippen LogP contribution in [0.3, 0.4) is 0 Å². The monoisotopic (exact) mass is 284 g/mol. The molecular weight excluding hydrogens is 275 g/mol. The van der Waals surface area contributed by atoms with Gasteiger partial charge in [0.1, 0.15) is 11.3 Å². The Hall–Kier alpha value is -1.67. The van der Waals surface area contributed by atoms with Crippen LogP contribution in [-0.4, -0.2) is 21.2 Å². The van der Waals surface area contributed by atoms with Crippen molar-refractivity contribution in [2.45, 2.75) is 10.1 Å². The molecule has 3 N–H and O–H groups in total. The summed E-state index contributed by atoms with van der Waals surface area (Å²) < 4.78 is 14.2. The quantitative estimate of drug-likeness (QED) is 0.295. The Morgan fingerprint density at radius 2 is 2.33 bits per heavy atom. The van der Waals surface area contributed by atoms with Gasteiger partial charge in [-0.3, -0.25) is 0 Å². The average molecular weight is 284 g/mol. The van der Waals surface area contributed by atoms with Crippen LogP contribution in [-0.2, 0) is 5.75 Å². The summed E-state index contributed by atoms with van der Waals surface area (Å²) in [5.74, 6) is 0.00203. The summed E-state index contributed by atoms with van der Waals surface area (Å²) in [6.07, 6.45) is 0. The van der Waals surface area contributed by atoms with E-state index in [0.717, 1.165) is 9.90 Å². The van der Waals surface area contributed by atoms with E-state index in [4.69, 9.17) is 10.9 Å². The van der Waals surface area contributed by atoms with Crippen LogP contribution >= 0.6 is 23.1 Å². The minimum atomic E-state index is -0.424. The van der Waals surface area contributed by atoms with Crippen LogP contribution in [0.5, 0.6) is 0 Å². The summed E-state index contributed by atoms with van der Waals surface area (Å²) in [5.41, 5.74) is 8.15. The predicted octanol–water partition coefficient (Wildman–Crippen LogP) is 2.06. The first-order valence-corrected chi connectivity index (χ1v) is 6.72. The number of thioether (sulfide) groups is 1. The number of amidine groups is 1. The van der Waals surface area contributed by atoms with Crippen LogP contribution in [0, 0.1) is 5.82 Å². The number of nitrogens with two attached hydrogens (primary N) is 1. The lowest BCUT2D eigenvalue weighted by Crippen LogP contribution is -2.13. The van der Waals surface area contributed by atoms with E-state index in [1.165, 1.54) is 35.2 Å². The van der Waals surface area contributed by atoms with Gasteiger partial charge in [-0.2, -0.15) is 0 Å². The summed E-state index contributed by atoms with van der Waals surface area (Å²) in [6, 6.07) is 4.29. The summed E-state index contributed by atoms with van der Waals surface area (Å²) in [4.78, 5) is 0. The Morgan fingerprint density at radius 1 is 1.50 bits per heavy atom. The maximum absolute atomic E-state index is 13.4. The number of oxime groups is 1. The Balaban J connectivity index is 2.15. The maximum Gasteiger partial charge on any atom is 0.174 e. The van der Waals surface area contributed by atoms with Crippen molar-refractivity contribution in [2.75, 3.05) is 0 Å². The van der Waals surface area contributed by atoms with Gasteiger partial charge in [0, 0.05) is 11.3 Å². The van der Waals surface area contributed by atoms with Crippen LogP contribution in [0.2, 0.25) is 0 Å². The number of hydrogen-bond acceptors (Lipinski definition) is 6. The summed E-state index contributed by atoms with van der Waals surface area (Å²) in [7, 11) is 0. The van der Waals surface area contributed by atoms with Crippen molar-refractivity contribution < 1.29 is 9.60 Å². The Morgan fingerprint density at radius 3 is 3.00 bits per heavy atom. The molecule has 0 saturated carbocycles. The van der Waals surface area contributed by atoms with Gasteiger partial charge in [0.2, 0.25) is 0 Å². The fraction of sp³-hybridized carbons (Fsp3) is 0.100. The van der Waals surface area contributed by atoms with Gasteiger partial charge in [-0.1, -0.05) is 28.3 Å². The smallest absolute Gasteiger partial charge is 0.174 e. The number of aromatic nitrogens is 2. The standard InChI is InChI=1S/C10H9FN4OS2/c11-8-2-6(1-7(3-8)9(12)15-16)4-17-10-14-13-5-18-10/h1-3,5,16H,4H2,(H2,12,15). The van der Waals surface area contributed by atoms with E-state index in [9.17, 15) is 4.39 Å². The van der Waals surface area contributed by atoms with Crippen LogP contribution < -0.4 is 5.73 Å². The molecule has 1 aromatic heterocycles. The lowest BCUT2D eigenvalue weighted by molar-refractivity contribution is 0.318. The molecule has 0 radical (unpaired) electrons. The second-order valence-electron chi connectivity index (χ2n) is 3.33. The zero-order valence-electron chi connectivity index (χ0n) is 9.08. The van der Waals surface area contributed by atoms with Gasteiger partial charge >= 0.3 is 0 Å². The summed E-state index contributed by atoms with van der Waals surface area (Å²) in [6.45, 7) is 0. The topological polar surface area (TPSA) is 84.4 Å². The first-order valence-electron chi connectivity index (χ1n) is 4.85. The third-order valence-corrected chi connectivity index (χ3v) is 3.99. The van der Waals surface area contributed by atoms with Gasteiger partial charge in [0.25, 0.3) is 0 Å². The molecule has 0 aliphatic rings. The van der Waals surface area contributed by atoms with Crippen molar-refractivity contribution >= 4 is 28.9 Å². The zero-order chi connectivity index (χ0) is 13.0. The third kappa shape index (κ3) is 3.17. The van der Waals surface area contributed by atoms with Gasteiger partial charge in [-0.25, -0.2) is 4.39 Å². The molecular formula is C10H9FN4OS2. The van der Waals surface area contributed by atoms with Crippen molar-refractivity contribution in [3.63, 3.8) is 0 Å².